The van der Waals surface area contributed by atoms with Crippen molar-refractivity contribution in [1.82, 2.24) is 9.78 Å². The number of hydrogen-bond acceptors (Lipinski definition) is 3. The van der Waals surface area contributed by atoms with Crippen molar-refractivity contribution in [2.45, 2.75) is 6.92 Å². The molecule has 0 radical (unpaired) electrons. The van der Waals surface area contributed by atoms with Crippen molar-refractivity contribution >= 4 is 5.97 Å². The summed E-state index contributed by atoms with van der Waals surface area (Å²) in [6, 6.07) is 5.32. The lowest BCUT2D eigenvalue weighted by Gasteiger charge is -2.04. The first-order valence-corrected chi connectivity index (χ1v) is 4.84. The predicted molar refractivity (Wildman–Crippen MR) is 59.8 cm³/mol. The molecule has 6 nitrogen and oxygen atoms in total. The molecule has 1 aromatic heterocycles. The zero-order valence-electron chi connectivity index (χ0n) is 8.97. The molecule has 0 amide bonds. The lowest BCUT2D eigenvalue weighted by atomic mass is 10.2. The maximum Gasteiger partial charge on any atom is 0.339 e. The average molecular weight is 234 g/mol. The number of carbonyl (C=O) groups is 1. The van der Waals surface area contributed by atoms with Gasteiger partial charge in [0.15, 0.2) is 0 Å². The Kier molecular flexibility index (Phi) is 2.47. The molecule has 2 aromatic rings. The average Bonchev–Trinajstić information content (AvgIpc) is 2.58. The normalized spacial score (nSPS) is 10.4. The quantitative estimate of drug-likeness (QED) is 0.718. The Balaban J connectivity index is 2.61. The SMILES string of the molecule is Cc1cc(=O)n(-c2ccc(O)c(C(=O)O)c2)[nH]1. The number of rotatable bonds is 2. The van der Waals surface area contributed by atoms with Crippen molar-refractivity contribution in [3.63, 3.8) is 0 Å². The van der Waals surface area contributed by atoms with E-state index < -0.39 is 5.97 Å². The zero-order chi connectivity index (χ0) is 12.6. The van der Waals surface area contributed by atoms with E-state index in [4.69, 9.17) is 5.11 Å². The number of aromatic hydroxyl groups is 1. The summed E-state index contributed by atoms with van der Waals surface area (Å²) in [5, 5.41) is 21.0. The van der Waals surface area contributed by atoms with Gasteiger partial charge >= 0.3 is 5.97 Å². The van der Waals surface area contributed by atoms with Crippen LogP contribution < -0.4 is 5.56 Å². The van der Waals surface area contributed by atoms with E-state index in [1.54, 1.807) is 6.92 Å². The second-order valence-electron chi connectivity index (χ2n) is 3.62. The summed E-state index contributed by atoms with van der Waals surface area (Å²) in [5.74, 6) is -1.58. The molecule has 6 heteroatoms. The van der Waals surface area contributed by atoms with E-state index in [0.717, 1.165) is 0 Å². The van der Waals surface area contributed by atoms with Gasteiger partial charge in [0.25, 0.3) is 5.56 Å². The fraction of sp³-hybridized carbons (Fsp3) is 0.0909. The van der Waals surface area contributed by atoms with Crippen LogP contribution in [0.3, 0.4) is 0 Å². The molecule has 1 heterocycles. The third kappa shape index (κ3) is 1.92. The Morgan fingerprint density at radius 2 is 2.06 bits per heavy atom. The maximum atomic E-state index is 11.5. The van der Waals surface area contributed by atoms with Crippen LogP contribution in [0.4, 0.5) is 0 Å². The van der Waals surface area contributed by atoms with Crippen LogP contribution in [0.1, 0.15) is 16.1 Å². The van der Waals surface area contributed by atoms with Crippen molar-refractivity contribution in [3.8, 4) is 11.4 Å². The van der Waals surface area contributed by atoms with E-state index >= 15 is 0 Å². The Morgan fingerprint density at radius 1 is 1.35 bits per heavy atom. The van der Waals surface area contributed by atoms with E-state index in [1.165, 1.54) is 28.9 Å². The zero-order valence-corrected chi connectivity index (χ0v) is 8.97. The van der Waals surface area contributed by atoms with Crippen LogP contribution in [0.2, 0.25) is 0 Å². The molecule has 0 spiro atoms. The minimum atomic E-state index is -1.25. The number of hydrogen-bond donors (Lipinski definition) is 3. The molecule has 1 aromatic carbocycles. The highest BCUT2D eigenvalue weighted by Gasteiger charge is 2.12. The topological polar surface area (TPSA) is 95.3 Å². The Bertz CT molecular complexity index is 639. The molecule has 88 valence electrons. The molecule has 0 saturated carbocycles. The Labute approximate surface area is 95.7 Å². The number of nitrogens with one attached hydrogen (secondary N) is 1. The van der Waals surface area contributed by atoms with Crippen molar-refractivity contribution in [2.24, 2.45) is 0 Å². The van der Waals surface area contributed by atoms with Crippen LogP contribution in [0, 0.1) is 6.92 Å². The lowest BCUT2D eigenvalue weighted by molar-refractivity contribution is 0.0693. The van der Waals surface area contributed by atoms with Crippen LogP contribution in [0.25, 0.3) is 5.69 Å². The van der Waals surface area contributed by atoms with Gasteiger partial charge < -0.3 is 10.2 Å². The first-order valence-electron chi connectivity index (χ1n) is 4.84. The number of aromatic nitrogens is 2. The summed E-state index contributed by atoms with van der Waals surface area (Å²) in [7, 11) is 0. The van der Waals surface area contributed by atoms with Crippen LogP contribution >= 0.6 is 0 Å². The van der Waals surface area contributed by atoms with Gasteiger partial charge in [-0.3, -0.25) is 9.89 Å². The first kappa shape index (κ1) is 11.0. The molecule has 17 heavy (non-hydrogen) atoms. The molecule has 0 bridgehead atoms. The number of aromatic carboxylic acids is 1. The highest BCUT2D eigenvalue weighted by molar-refractivity contribution is 5.91. The molecule has 0 aliphatic rings. The summed E-state index contributed by atoms with van der Waals surface area (Å²) >= 11 is 0. The van der Waals surface area contributed by atoms with Crippen LogP contribution in [0.5, 0.6) is 5.75 Å². The summed E-state index contributed by atoms with van der Waals surface area (Å²) in [6.07, 6.45) is 0. The van der Waals surface area contributed by atoms with Crippen molar-refractivity contribution in [3.05, 3.63) is 45.9 Å². The number of benzene rings is 1. The standard InChI is InChI=1S/C11H10N2O4/c1-6-4-10(15)13(12-6)7-2-3-9(14)8(5-7)11(16)17/h2-5,12,14H,1H3,(H,16,17). The van der Waals surface area contributed by atoms with Gasteiger partial charge in [0, 0.05) is 11.8 Å². The number of nitrogens with zero attached hydrogens (tertiary/aromatic N) is 1. The Morgan fingerprint density at radius 3 is 2.59 bits per heavy atom. The van der Waals surface area contributed by atoms with Crippen molar-refractivity contribution in [1.29, 1.82) is 0 Å². The third-order valence-corrected chi connectivity index (χ3v) is 2.32. The molecule has 0 unspecified atom stereocenters. The molecule has 2 rings (SSSR count). The van der Waals surface area contributed by atoms with Crippen LogP contribution in [-0.2, 0) is 0 Å². The fourth-order valence-corrected chi connectivity index (χ4v) is 1.54. The summed E-state index contributed by atoms with van der Waals surface area (Å²) < 4.78 is 1.21. The van der Waals surface area contributed by atoms with E-state index in [-0.39, 0.29) is 16.9 Å². The first-order chi connectivity index (χ1) is 7.99. The molecule has 3 N–H and O–H groups in total. The third-order valence-electron chi connectivity index (χ3n) is 2.32. The Hall–Kier alpha value is -2.50. The highest BCUT2D eigenvalue weighted by atomic mass is 16.4. The van der Waals surface area contributed by atoms with Gasteiger partial charge in [-0.1, -0.05) is 0 Å². The minimum absolute atomic E-state index is 0.248. The highest BCUT2D eigenvalue weighted by Crippen LogP contribution is 2.19. The largest absolute Gasteiger partial charge is 0.507 e. The molecule has 0 aliphatic carbocycles. The second kappa shape index (κ2) is 3.82. The van der Waals surface area contributed by atoms with Crippen molar-refractivity contribution < 1.29 is 15.0 Å². The summed E-state index contributed by atoms with van der Waals surface area (Å²) in [5.41, 5.74) is 0.490. The maximum absolute atomic E-state index is 11.5. The van der Waals surface area contributed by atoms with Gasteiger partial charge in [0.05, 0.1) is 5.69 Å². The number of aryl methyl sites for hydroxylation is 1. The monoisotopic (exact) mass is 234 g/mol. The molecular formula is C11H10N2O4. The van der Waals surface area contributed by atoms with E-state index in [0.29, 0.717) is 11.4 Å². The van der Waals surface area contributed by atoms with Gasteiger partial charge in [-0.25, -0.2) is 9.48 Å². The predicted octanol–water partition coefficient (Wildman–Crippen LogP) is 0.878. The molecule has 0 aliphatic heterocycles. The minimum Gasteiger partial charge on any atom is -0.507 e. The van der Waals surface area contributed by atoms with Crippen molar-refractivity contribution in [2.75, 3.05) is 0 Å². The van der Waals surface area contributed by atoms with Crippen LogP contribution in [-0.4, -0.2) is 26.0 Å². The lowest BCUT2D eigenvalue weighted by Crippen LogP contribution is -2.14. The summed E-state index contributed by atoms with van der Waals surface area (Å²) in [4.78, 5) is 22.4. The fourth-order valence-electron chi connectivity index (χ4n) is 1.54. The van der Waals surface area contributed by atoms with E-state index in [9.17, 15) is 14.7 Å². The van der Waals surface area contributed by atoms with E-state index in [1.807, 2.05) is 0 Å². The van der Waals surface area contributed by atoms with Gasteiger partial charge in [-0.15, -0.1) is 0 Å². The molecule has 0 saturated heterocycles. The number of aromatic amines is 1. The second-order valence-corrected chi connectivity index (χ2v) is 3.62. The number of carboxylic acid groups (broad SMARTS) is 1. The van der Waals surface area contributed by atoms with Crippen LogP contribution in [0.15, 0.2) is 29.1 Å². The summed E-state index contributed by atoms with van der Waals surface area (Å²) in [6.45, 7) is 1.72. The molecule has 0 atom stereocenters. The molecular weight excluding hydrogens is 224 g/mol. The van der Waals surface area contributed by atoms with Gasteiger partial charge in [-0.05, 0) is 25.1 Å². The molecule has 0 fully saturated rings. The number of H-pyrrole nitrogens is 1. The number of carboxylic acids is 1. The smallest absolute Gasteiger partial charge is 0.339 e. The number of phenols is 1. The van der Waals surface area contributed by atoms with Gasteiger partial charge in [0.1, 0.15) is 11.3 Å². The van der Waals surface area contributed by atoms with E-state index in [2.05, 4.69) is 5.10 Å². The van der Waals surface area contributed by atoms with Gasteiger partial charge in [0.2, 0.25) is 0 Å². The van der Waals surface area contributed by atoms with Gasteiger partial charge in [-0.2, -0.15) is 0 Å².